The lowest BCUT2D eigenvalue weighted by molar-refractivity contribution is -0.147. The summed E-state index contributed by atoms with van der Waals surface area (Å²) in [6.45, 7) is 9.94. The number of carboxylic acid groups (broad SMARTS) is 1. The highest BCUT2D eigenvalue weighted by Gasteiger charge is 2.35. The number of aryl methyl sites for hydroxylation is 1. The number of ether oxygens (including phenoxy) is 3. The molecule has 2 atom stereocenters. The molecule has 4 heterocycles. The van der Waals surface area contributed by atoms with Crippen LogP contribution in [0, 0.1) is 19.8 Å². The third-order valence-electron chi connectivity index (χ3n) is 9.93. The van der Waals surface area contributed by atoms with Gasteiger partial charge in [0.05, 0.1) is 17.7 Å². The molecular weight excluding hydrogens is 554 g/mol. The molecule has 8 nitrogen and oxygen atoms in total. The van der Waals surface area contributed by atoms with E-state index in [0.717, 1.165) is 80.4 Å². The monoisotopic (exact) mass is 599 g/mol. The van der Waals surface area contributed by atoms with Crippen molar-refractivity contribution in [2.24, 2.45) is 5.92 Å². The van der Waals surface area contributed by atoms with Gasteiger partial charge in [0.1, 0.15) is 18.2 Å². The molecule has 0 aliphatic carbocycles. The molecule has 3 aliphatic heterocycles. The van der Waals surface area contributed by atoms with E-state index in [1.807, 2.05) is 24.3 Å². The van der Waals surface area contributed by atoms with Crippen LogP contribution in [0.25, 0.3) is 11.3 Å². The van der Waals surface area contributed by atoms with E-state index in [1.165, 1.54) is 22.3 Å². The fraction of sp³-hybridized carbons (Fsp3) is 0.500. The molecule has 2 saturated heterocycles. The van der Waals surface area contributed by atoms with Crippen molar-refractivity contribution < 1.29 is 24.1 Å². The lowest BCUT2D eigenvalue weighted by Crippen LogP contribution is -2.47. The molecule has 0 unspecified atom stereocenters. The number of nitrogens with zero attached hydrogens (tertiary/aromatic N) is 3. The summed E-state index contributed by atoms with van der Waals surface area (Å²) in [5.41, 5.74) is 8.39. The molecule has 3 aromatic rings. The first kappa shape index (κ1) is 30.6. The van der Waals surface area contributed by atoms with Crippen LogP contribution in [0.5, 0.6) is 5.75 Å². The fourth-order valence-electron chi connectivity index (χ4n) is 7.24. The Morgan fingerprint density at radius 1 is 1.00 bits per heavy atom. The maximum absolute atomic E-state index is 11.7. The lowest BCUT2D eigenvalue weighted by Gasteiger charge is -2.36. The van der Waals surface area contributed by atoms with E-state index in [-0.39, 0.29) is 6.10 Å². The number of aromatic nitrogens is 1. The number of pyridine rings is 1. The number of hydrogen-bond acceptors (Lipinski definition) is 7. The summed E-state index contributed by atoms with van der Waals surface area (Å²) in [6, 6.07) is 17.4. The van der Waals surface area contributed by atoms with Gasteiger partial charge in [0, 0.05) is 58.1 Å². The van der Waals surface area contributed by atoms with Gasteiger partial charge in [-0.1, -0.05) is 30.3 Å². The number of anilines is 1. The number of benzene rings is 2. The van der Waals surface area contributed by atoms with Crippen molar-refractivity contribution >= 4 is 11.8 Å². The molecule has 2 fully saturated rings. The van der Waals surface area contributed by atoms with Crippen LogP contribution >= 0.6 is 0 Å². The Morgan fingerprint density at radius 3 is 2.59 bits per heavy atom. The number of carboxylic acids is 1. The van der Waals surface area contributed by atoms with E-state index in [0.29, 0.717) is 32.2 Å². The summed E-state index contributed by atoms with van der Waals surface area (Å²) in [5, 5.41) is 9.59. The van der Waals surface area contributed by atoms with Gasteiger partial charge in [-0.05, 0) is 92.0 Å². The Balaban J connectivity index is 1.18. The Kier molecular flexibility index (Phi) is 9.50. The number of rotatable bonds is 8. The second-order valence-corrected chi connectivity index (χ2v) is 12.4. The standard InChI is InChI=1S/C36H45N3O5/c1-24-6-4-7-30(32-8-5-9-34(37-32)39-19-14-31(36(40)41)33(22-39)42-3)35(24)44-23-27-11-10-26-12-17-38(18-13-29(26)25(27)2)28-15-20-43-21-16-28/h4-11,28,31,33H,12-23H2,1-3H3,(H,40,41)/t31-,33-/m1/s1. The molecule has 3 aliphatic rings. The van der Waals surface area contributed by atoms with E-state index in [1.54, 1.807) is 7.11 Å². The molecule has 0 bridgehead atoms. The normalized spacial score (nSPS) is 21.5. The van der Waals surface area contributed by atoms with Crippen molar-refractivity contribution in [1.82, 2.24) is 9.88 Å². The van der Waals surface area contributed by atoms with E-state index < -0.39 is 11.9 Å². The number of fused-ring (bicyclic) bond motifs is 1. The minimum atomic E-state index is -0.804. The number of carbonyl (C=O) groups is 1. The number of aliphatic carboxylic acids is 1. The SMILES string of the molecule is CO[C@@H]1CN(c2cccc(-c3cccc(C)c3OCc3ccc4c(c3C)CCN(C3CCOCC3)CC4)n2)CC[C@H]1C(=O)O. The van der Waals surface area contributed by atoms with Crippen LogP contribution in [0.4, 0.5) is 5.82 Å². The molecule has 0 amide bonds. The molecular formula is C36H45N3O5. The van der Waals surface area contributed by atoms with Crippen molar-refractivity contribution in [3.05, 3.63) is 76.3 Å². The zero-order valence-electron chi connectivity index (χ0n) is 26.3. The van der Waals surface area contributed by atoms with Crippen molar-refractivity contribution in [3.63, 3.8) is 0 Å². The number of methoxy groups -OCH3 is 1. The van der Waals surface area contributed by atoms with Gasteiger partial charge in [-0.25, -0.2) is 4.98 Å². The summed E-state index contributed by atoms with van der Waals surface area (Å²) in [6.07, 6.45) is 4.60. The van der Waals surface area contributed by atoms with Crippen molar-refractivity contribution in [2.45, 2.75) is 64.7 Å². The van der Waals surface area contributed by atoms with Gasteiger partial charge in [0.25, 0.3) is 0 Å². The largest absolute Gasteiger partial charge is 0.488 e. The van der Waals surface area contributed by atoms with Crippen LogP contribution in [0.3, 0.4) is 0 Å². The average molecular weight is 600 g/mol. The highest BCUT2D eigenvalue weighted by Crippen LogP contribution is 2.35. The maximum atomic E-state index is 11.7. The van der Waals surface area contributed by atoms with Crippen molar-refractivity contribution in [3.8, 4) is 17.0 Å². The van der Waals surface area contributed by atoms with Gasteiger partial charge in [-0.2, -0.15) is 0 Å². The second-order valence-electron chi connectivity index (χ2n) is 12.4. The van der Waals surface area contributed by atoms with Crippen LogP contribution in [-0.2, 0) is 33.7 Å². The van der Waals surface area contributed by atoms with E-state index >= 15 is 0 Å². The molecule has 6 rings (SSSR count). The number of hydrogen-bond donors (Lipinski definition) is 1. The van der Waals surface area contributed by atoms with Crippen LogP contribution in [0.1, 0.15) is 47.1 Å². The molecule has 1 N–H and O–H groups in total. The van der Waals surface area contributed by atoms with Crippen LogP contribution < -0.4 is 9.64 Å². The Labute approximate surface area is 260 Å². The van der Waals surface area contributed by atoms with Gasteiger partial charge in [-0.3, -0.25) is 9.69 Å². The maximum Gasteiger partial charge on any atom is 0.309 e. The van der Waals surface area contributed by atoms with Crippen molar-refractivity contribution in [2.75, 3.05) is 51.4 Å². The predicted octanol–water partition coefficient (Wildman–Crippen LogP) is 5.45. The van der Waals surface area contributed by atoms with Crippen LogP contribution in [-0.4, -0.2) is 79.6 Å². The lowest BCUT2D eigenvalue weighted by atomic mass is 9.94. The van der Waals surface area contributed by atoms with Gasteiger partial charge in [0.15, 0.2) is 0 Å². The first-order chi connectivity index (χ1) is 21.4. The molecule has 0 radical (unpaired) electrons. The van der Waals surface area contributed by atoms with Crippen LogP contribution in [0.15, 0.2) is 48.5 Å². The summed E-state index contributed by atoms with van der Waals surface area (Å²) in [7, 11) is 1.58. The Hall–Kier alpha value is -3.46. The second kappa shape index (κ2) is 13.7. The Bertz CT molecular complexity index is 1470. The quantitative estimate of drug-likeness (QED) is 0.366. The molecule has 1 aromatic heterocycles. The summed E-state index contributed by atoms with van der Waals surface area (Å²) < 4.78 is 17.8. The first-order valence-electron chi connectivity index (χ1n) is 16.1. The zero-order chi connectivity index (χ0) is 30.6. The summed E-state index contributed by atoms with van der Waals surface area (Å²) in [5.74, 6) is 0.355. The zero-order valence-corrected chi connectivity index (χ0v) is 26.3. The smallest absolute Gasteiger partial charge is 0.309 e. The predicted molar refractivity (Wildman–Crippen MR) is 171 cm³/mol. The van der Waals surface area contributed by atoms with E-state index in [4.69, 9.17) is 19.2 Å². The molecule has 0 spiro atoms. The molecule has 0 saturated carbocycles. The topological polar surface area (TPSA) is 84.4 Å². The molecule has 2 aromatic carbocycles. The third kappa shape index (κ3) is 6.48. The average Bonchev–Trinajstić information content (AvgIpc) is 3.28. The van der Waals surface area contributed by atoms with Crippen LogP contribution in [0.2, 0.25) is 0 Å². The molecule has 234 valence electrons. The van der Waals surface area contributed by atoms with Crippen molar-refractivity contribution in [1.29, 1.82) is 0 Å². The number of piperidine rings is 1. The highest BCUT2D eigenvalue weighted by molar-refractivity contribution is 5.72. The highest BCUT2D eigenvalue weighted by atomic mass is 16.5. The molecule has 8 heteroatoms. The third-order valence-corrected chi connectivity index (χ3v) is 9.93. The van der Waals surface area contributed by atoms with E-state index in [9.17, 15) is 9.90 Å². The summed E-state index contributed by atoms with van der Waals surface area (Å²) >= 11 is 0. The first-order valence-corrected chi connectivity index (χ1v) is 16.1. The van der Waals surface area contributed by atoms with Gasteiger partial charge >= 0.3 is 5.97 Å². The van der Waals surface area contributed by atoms with Gasteiger partial charge < -0.3 is 24.2 Å². The summed E-state index contributed by atoms with van der Waals surface area (Å²) in [4.78, 5) is 21.5. The minimum absolute atomic E-state index is 0.376. The number of para-hydroxylation sites is 1. The molecule has 44 heavy (non-hydrogen) atoms. The van der Waals surface area contributed by atoms with Gasteiger partial charge in [-0.15, -0.1) is 0 Å². The van der Waals surface area contributed by atoms with Gasteiger partial charge in [0.2, 0.25) is 0 Å². The van der Waals surface area contributed by atoms with E-state index in [2.05, 4.69) is 47.9 Å². The fourth-order valence-corrected chi connectivity index (χ4v) is 7.24. The Morgan fingerprint density at radius 2 is 1.80 bits per heavy atom. The minimum Gasteiger partial charge on any atom is -0.488 e.